The molecule has 0 radical (unpaired) electrons. The van der Waals surface area contributed by atoms with E-state index in [1.807, 2.05) is 24.3 Å². The van der Waals surface area contributed by atoms with E-state index < -0.39 is 0 Å². The highest BCUT2D eigenvalue weighted by atomic mass is 35.5. The molecule has 2 fully saturated rings. The van der Waals surface area contributed by atoms with E-state index in [-0.39, 0.29) is 11.7 Å². The zero-order valence-electron chi connectivity index (χ0n) is 11.2. The van der Waals surface area contributed by atoms with E-state index in [9.17, 15) is 0 Å². The first-order valence-electron chi connectivity index (χ1n) is 7.25. The van der Waals surface area contributed by atoms with Crippen LogP contribution >= 0.6 is 11.6 Å². The summed E-state index contributed by atoms with van der Waals surface area (Å²) in [6, 6.07) is 7.99. The Balaban J connectivity index is 1.52. The maximum absolute atomic E-state index is 6.24. The fraction of sp³-hybridized carbons (Fsp3) is 0.625. The number of alkyl halides is 1. The SMILES string of the molecule is ClCc1cccc(OCC2CCC3(CCCC3)O2)c1. The smallest absolute Gasteiger partial charge is 0.119 e. The molecule has 0 amide bonds. The molecule has 0 aromatic heterocycles. The molecular formula is C16H21ClO2. The molecular weight excluding hydrogens is 260 g/mol. The Morgan fingerprint density at radius 3 is 2.89 bits per heavy atom. The standard InChI is InChI=1S/C16H21ClO2/c17-11-13-4-3-5-14(10-13)18-12-15-6-9-16(19-15)7-1-2-8-16/h3-5,10,15H,1-2,6-9,11-12H2. The summed E-state index contributed by atoms with van der Waals surface area (Å²) in [4.78, 5) is 0. The first-order chi connectivity index (χ1) is 9.30. The van der Waals surface area contributed by atoms with E-state index in [2.05, 4.69) is 0 Å². The highest BCUT2D eigenvalue weighted by Gasteiger charge is 2.42. The maximum Gasteiger partial charge on any atom is 0.119 e. The van der Waals surface area contributed by atoms with Crippen molar-refractivity contribution in [1.29, 1.82) is 0 Å². The van der Waals surface area contributed by atoms with Gasteiger partial charge in [-0.25, -0.2) is 0 Å². The van der Waals surface area contributed by atoms with Gasteiger partial charge in [-0.2, -0.15) is 0 Å². The Kier molecular flexibility index (Phi) is 3.99. The zero-order valence-corrected chi connectivity index (χ0v) is 12.0. The highest BCUT2D eigenvalue weighted by molar-refractivity contribution is 6.17. The summed E-state index contributed by atoms with van der Waals surface area (Å²) in [6.45, 7) is 0.660. The minimum absolute atomic E-state index is 0.200. The van der Waals surface area contributed by atoms with E-state index in [1.54, 1.807) is 0 Å². The van der Waals surface area contributed by atoms with Crippen LogP contribution in [0.15, 0.2) is 24.3 Å². The van der Waals surface area contributed by atoms with Gasteiger partial charge < -0.3 is 9.47 Å². The van der Waals surface area contributed by atoms with Crippen molar-refractivity contribution < 1.29 is 9.47 Å². The molecule has 3 rings (SSSR count). The Morgan fingerprint density at radius 2 is 2.11 bits per heavy atom. The first-order valence-corrected chi connectivity index (χ1v) is 7.79. The number of hydrogen-bond acceptors (Lipinski definition) is 2. The molecule has 1 heterocycles. The second kappa shape index (κ2) is 5.72. The molecule has 19 heavy (non-hydrogen) atoms. The fourth-order valence-electron chi connectivity index (χ4n) is 3.31. The average molecular weight is 281 g/mol. The summed E-state index contributed by atoms with van der Waals surface area (Å²) in [7, 11) is 0. The lowest BCUT2D eigenvalue weighted by Gasteiger charge is -2.23. The van der Waals surface area contributed by atoms with Gasteiger partial charge >= 0.3 is 0 Å². The van der Waals surface area contributed by atoms with Crippen LogP contribution in [0.25, 0.3) is 0 Å². The maximum atomic E-state index is 6.24. The van der Waals surface area contributed by atoms with Gasteiger partial charge in [0.1, 0.15) is 12.4 Å². The summed E-state index contributed by atoms with van der Waals surface area (Å²) >= 11 is 5.83. The molecule has 1 unspecified atom stereocenters. The molecule has 1 saturated carbocycles. The minimum atomic E-state index is 0.200. The van der Waals surface area contributed by atoms with E-state index in [0.717, 1.165) is 17.7 Å². The van der Waals surface area contributed by atoms with Crippen molar-refractivity contribution in [3.63, 3.8) is 0 Å². The van der Waals surface area contributed by atoms with Crippen LogP contribution < -0.4 is 4.74 Å². The third-order valence-electron chi connectivity index (χ3n) is 4.34. The lowest BCUT2D eigenvalue weighted by molar-refractivity contribution is -0.0508. The molecule has 0 N–H and O–H groups in total. The Labute approximate surface area is 120 Å². The Morgan fingerprint density at radius 1 is 1.26 bits per heavy atom. The van der Waals surface area contributed by atoms with Crippen molar-refractivity contribution in [2.24, 2.45) is 0 Å². The van der Waals surface area contributed by atoms with Gasteiger partial charge in [-0.3, -0.25) is 0 Å². The van der Waals surface area contributed by atoms with Crippen LogP contribution in [0.3, 0.4) is 0 Å². The molecule has 1 aliphatic heterocycles. The van der Waals surface area contributed by atoms with Crippen molar-refractivity contribution in [3.8, 4) is 5.75 Å². The third kappa shape index (κ3) is 3.06. The average Bonchev–Trinajstić information content (AvgIpc) is 3.08. The largest absolute Gasteiger partial charge is 0.491 e. The van der Waals surface area contributed by atoms with Crippen molar-refractivity contribution in [3.05, 3.63) is 29.8 Å². The van der Waals surface area contributed by atoms with Gasteiger partial charge in [0, 0.05) is 5.88 Å². The van der Waals surface area contributed by atoms with Crippen molar-refractivity contribution >= 4 is 11.6 Å². The van der Waals surface area contributed by atoms with Crippen LogP contribution in [0.5, 0.6) is 5.75 Å². The van der Waals surface area contributed by atoms with Gasteiger partial charge in [-0.05, 0) is 43.4 Å². The van der Waals surface area contributed by atoms with Crippen molar-refractivity contribution in [1.82, 2.24) is 0 Å². The normalized spacial score (nSPS) is 25.0. The second-order valence-electron chi connectivity index (χ2n) is 5.76. The van der Waals surface area contributed by atoms with Gasteiger partial charge in [-0.15, -0.1) is 11.6 Å². The molecule has 104 valence electrons. The summed E-state index contributed by atoms with van der Waals surface area (Å²) in [5.41, 5.74) is 1.30. The molecule has 1 aromatic carbocycles. The zero-order chi connectivity index (χ0) is 13.1. The Bertz CT molecular complexity index is 427. The molecule has 1 spiro atoms. The van der Waals surface area contributed by atoms with Crippen molar-refractivity contribution in [2.75, 3.05) is 6.61 Å². The number of benzene rings is 1. The lowest BCUT2D eigenvalue weighted by atomic mass is 9.98. The van der Waals surface area contributed by atoms with Gasteiger partial charge in [0.25, 0.3) is 0 Å². The second-order valence-corrected chi connectivity index (χ2v) is 6.03. The summed E-state index contributed by atoms with van der Waals surface area (Å²) < 4.78 is 12.1. The minimum Gasteiger partial charge on any atom is -0.491 e. The fourth-order valence-corrected chi connectivity index (χ4v) is 3.47. The van der Waals surface area contributed by atoms with Crippen molar-refractivity contribution in [2.45, 2.75) is 56.1 Å². The molecule has 0 bridgehead atoms. The number of halogens is 1. The van der Waals surface area contributed by atoms with Crippen LogP contribution in [0.1, 0.15) is 44.1 Å². The molecule has 2 aliphatic rings. The summed E-state index contributed by atoms with van der Waals surface area (Å²) in [5.74, 6) is 1.43. The van der Waals surface area contributed by atoms with E-state index >= 15 is 0 Å². The van der Waals surface area contributed by atoms with Gasteiger partial charge in [0.05, 0.1) is 11.7 Å². The predicted molar refractivity (Wildman–Crippen MR) is 76.8 cm³/mol. The molecule has 1 atom stereocenters. The summed E-state index contributed by atoms with van der Waals surface area (Å²) in [6.07, 6.45) is 7.74. The number of ether oxygens (including phenoxy) is 2. The predicted octanol–water partition coefficient (Wildman–Crippen LogP) is 4.30. The molecule has 1 aromatic rings. The summed E-state index contributed by atoms with van der Waals surface area (Å²) in [5, 5.41) is 0. The quantitative estimate of drug-likeness (QED) is 0.766. The van der Waals surface area contributed by atoms with Crippen LogP contribution in [0, 0.1) is 0 Å². The van der Waals surface area contributed by atoms with Gasteiger partial charge in [-0.1, -0.05) is 25.0 Å². The molecule has 2 nitrogen and oxygen atoms in total. The highest BCUT2D eigenvalue weighted by Crippen LogP contribution is 2.43. The topological polar surface area (TPSA) is 18.5 Å². The third-order valence-corrected chi connectivity index (χ3v) is 4.65. The van der Waals surface area contributed by atoms with Crippen LogP contribution in [-0.2, 0) is 10.6 Å². The van der Waals surface area contributed by atoms with Gasteiger partial charge in [0.2, 0.25) is 0 Å². The van der Waals surface area contributed by atoms with Crippen LogP contribution in [0.2, 0.25) is 0 Å². The van der Waals surface area contributed by atoms with Crippen LogP contribution in [0.4, 0.5) is 0 Å². The van der Waals surface area contributed by atoms with E-state index in [0.29, 0.717) is 12.5 Å². The lowest BCUT2D eigenvalue weighted by Crippen LogP contribution is -2.27. The Hall–Kier alpha value is -0.730. The molecule has 1 aliphatic carbocycles. The monoisotopic (exact) mass is 280 g/mol. The van der Waals surface area contributed by atoms with Gasteiger partial charge in [0.15, 0.2) is 0 Å². The van der Waals surface area contributed by atoms with Crippen LogP contribution in [-0.4, -0.2) is 18.3 Å². The molecule has 1 saturated heterocycles. The molecule has 3 heteroatoms. The van der Waals surface area contributed by atoms with E-state index in [4.69, 9.17) is 21.1 Å². The van der Waals surface area contributed by atoms with E-state index in [1.165, 1.54) is 32.1 Å². The number of rotatable bonds is 4. The first kappa shape index (κ1) is 13.3. The number of hydrogen-bond donors (Lipinski definition) is 0.